The Morgan fingerprint density at radius 1 is 1.47 bits per heavy atom. The van der Waals surface area contributed by atoms with Gasteiger partial charge in [0.15, 0.2) is 0 Å². The van der Waals surface area contributed by atoms with E-state index in [2.05, 4.69) is 33.2 Å². The highest BCUT2D eigenvalue weighted by atomic mass is 79.9. The van der Waals surface area contributed by atoms with Gasteiger partial charge in [-0.2, -0.15) is 0 Å². The third kappa shape index (κ3) is 4.56. The van der Waals surface area contributed by atoms with Gasteiger partial charge >= 0.3 is 0 Å². The molecular weight excluding hydrogens is 310 g/mol. The topological polar surface area (TPSA) is 58.4 Å². The Morgan fingerprint density at radius 2 is 2.21 bits per heavy atom. The van der Waals surface area contributed by atoms with E-state index in [4.69, 9.17) is 0 Å². The van der Waals surface area contributed by atoms with E-state index in [1.165, 1.54) is 18.9 Å². The Labute approximate surface area is 121 Å². The van der Waals surface area contributed by atoms with E-state index in [1.54, 1.807) is 6.07 Å². The number of halogens is 1. The molecular formula is C13H18BrN3O2. The number of likely N-dealkylation sites (N-methyl/N-ethyl adjacent to an activating group) is 1. The zero-order valence-corrected chi connectivity index (χ0v) is 12.5. The highest BCUT2D eigenvalue weighted by Crippen LogP contribution is 2.24. The zero-order chi connectivity index (χ0) is 13.8. The molecule has 0 amide bonds. The maximum absolute atomic E-state index is 10.8. The van der Waals surface area contributed by atoms with Crippen molar-refractivity contribution in [3.8, 4) is 0 Å². The van der Waals surface area contributed by atoms with E-state index in [9.17, 15) is 10.1 Å². The Morgan fingerprint density at radius 3 is 2.84 bits per heavy atom. The molecule has 1 N–H and O–H groups in total. The molecule has 0 radical (unpaired) electrons. The second-order valence-electron chi connectivity index (χ2n) is 4.96. The Hall–Kier alpha value is -0.980. The Balaban J connectivity index is 1.80. The van der Waals surface area contributed by atoms with Crippen LogP contribution in [0.15, 0.2) is 22.7 Å². The smallest absolute Gasteiger partial charge is 0.270 e. The molecule has 2 rings (SSSR count). The molecule has 1 saturated carbocycles. The van der Waals surface area contributed by atoms with Crippen molar-refractivity contribution >= 4 is 21.6 Å². The second kappa shape index (κ2) is 6.45. The molecule has 0 aromatic heterocycles. The van der Waals surface area contributed by atoms with Gasteiger partial charge in [-0.3, -0.25) is 10.1 Å². The normalized spacial score (nSPS) is 14.9. The lowest BCUT2D eigenvalue weighted by Gasteiger charge is -2.15. The Bertz CT molecular complexity index is 463. The van der Waals surface area contributed by atoms with Gasteiger partial charge in [0.25, 0.3) is 5.69 Å². The van der Waals surface area contributed by atoms with E-state index >= 15 is 0 Å². The van der Waals surface area contributed by atoms with E-state index in [0.29, 0.717) is 6.54 Å². The summed E-state index contributed by atoms with van der Waals surface area (Å²) in [5, 5.41) is 14.1. The van der Waals surface area contributed by atoms with Gasteiger partial charge in [-0.15, -0.1) is 0 Å². The fourth-order valence-corrected chi connectivity index (χ4v) is 2.56. The van der Waals surface area contributed by atoms with Gasteiger partial charge in [0, 0.05) is 42.3 Å². The maximum Gasteiger partial charge on any atom is 0.270 e. The minimum absolute atomic E-state index is 0.126. The lowest BCUT2D eigenvalue weighted by molar-refractivity contribution is -0.385. The van der Waals surface area contributed by atoms with Gasteiger partial charge < -0.3 is 10.2 Å². The van der Waals surface area contributed by atoms with Crippen LogP contribution >= 0.6 is 15.9 Å². The number of rotatable bonds is 7. The summed E-state index contributed by atoms with van der Waals surface area (Å²) in [5.41, 5.74) is 1.05. The van der Waals surface area contributed by atoms with E-state index in [-0.39, 0.29) is 10.6 Å². The van der Waals surface area contributed by atoms with Crippen LogP contribution in [0.5, 0.6) is 0 Å². The fourth-order valence-electron chi connectivity index (χ4n) is 2.03. The third-order valence-corrected chi connectivity index (χ3v) is 3.75. The summed E-state index contributed by atoms with van der Waals surface area (Å²) in [6.07, 6.45) is 2.63. The summed E-state index contributed by atoms with van der Waals surface area (Å²) in [4.78, 5) is 12.8. The summed E-state index contributed by atoms with van der Waals surface area (Å²) in [7, 11) is 2.14. The molecule has 1 aromatic carbocycles. The molecule has 0 unspecified atom stereocenters. The first-order valence-corrected chi connectivity index (χ1v) is 7.20. The van der Waals surface area contributed by atoms with Crippen LogP contribution in [0.25, 0.3) is 0 Å². The molecule has 0 aliphatic heterocycles. The van der Waals surface area contributed by atoms with Crippen LogP contribution in [0.4, 0.5) is 5.69 Å². The van der Waals surface area contributed by atoms with Gasteiger partial charge in [0.2, 0.25) is 0 Å². The minimum atomic E-state index is -0.366. The molecule has 1 fully saturated rings. The van der Waals surface area contributed by atoms with Crippen molar-refractivity contribution in [1.82, 2.24) is 10.2 Å². The second-order valence-corrected chi connectivity index (χ2v) is 5.88. The molecule has 0 spiro atoms. The van der Waals surface area contributed by atoms with Crippen molar-refractivity contribution < 1.29 is 4.92 Å². The molecule has 0 atom stereocenters. The van der Waals surface area contributed by atoms with Crippen molar-refractivity contribution in [3.05, 3.63) is 38.3 Å². The number of nitro benzene ring substituents is 1. The zero-order valence-electron chi connectivity index (χ0n) is 10.9. The molecule has 1 aromatic rings. The molecule has 6 heteroatoms. The van der Waals surface area contributed by atoms with Gasteiger partial charge in [0.1, 0.15) is 0 Å². The number of non-ortho nitro benzene ring substituents is 1. The first kappa shape index (κ1) is 14.4. The van der Waals surface area contributed by atoms with Crippen LogP contribution in [0.2, 0.25) is 0 Å². The highest BCUT2D eigenvalue weighted by Gasteiger charge is 2.25. The number of nitrogens with zero attached hydrogens (tertiary/aromatic N) is 2. The lowest BCUT2D eigenvalue weighted by Crippen LogP contribution is -2.30. The molecule has 19 heavy (non-hydrogen) atoms. The summed E-state index contributed by atoms with van der Waals surface area (Å²) in [6, 6.07) is 5.81. The first-order valence-electron chi connectivity index (χ1n) is 6.41. The predicted octanol–water partition coefficient (Wildman–Crippen LogP) is 2.54. The average molecular weight is 328 g/mol. The monoisotopic (exact) mass is 327 g/mol. The third-order valence-electron chi connectivity index (χ3n) is 3.29. The van der Waals surface area contributed by atoms with Crippen LogP contribution < -0.4 is 5.32 Å². The van der Waals surface area contributed by atoms with Gasteiger partial charge in [0.05, 0.1) is 4.92 Å². The lowest BCUT2D eigenvalue weighted by atomic mass is 10.2. The fraction of sp³-hybridized carbons (Fsp3) is 0.538. The largest absolute Gasteiger partial charge is 0.311 e. The van der Waals surface area contributed by atoms with Crippen molar-refractivity contribution in [1.29, 1.82) is 0 Å². The summed E-state index contributed by atoms with van der Waals surface area (Å²) < 4.78 is 0.744. The predicted molar refractivity (Wildman–Crippen MR) is 78.2 cm³/mol. The maximum atomic E-state index is 10.8. The molecule has 1 aliphatic carbocycles. The first-order chi connectivity index (χ1) is 9.06. The SMILES string of the molecule is CN(CCNCc1cc(Br)cc([N+](=O)[O-])c1)C1CC1. The van der Waals surface area contributed by atoms with Gasteiger partial charge in [-0.05, 0) is 31.5 Å². The van der Waals surface area contributed by atoms with Crippen molar-refractivity contribution in [2.24, 2.45) is 0 Å². The number of hydrogen-bond donors (Lipinski definition) is 1. The van der Waals surface area contributed by atoms with E-state index < -0.39 is 0 Å². The Kier molecular flexibility index (Phi) is 4.90. The van der Waals surface area contributed by atoms with Crippen LogP contribution in [-0.2, 0) is 6.54 Å². The molecule has 0 heterocycles. The molecule has 0 bridgehead atoms. The molecule has 5 nitrogen and oxygen atoms in total. The van der Waals surface area contributed by atoms with E-state index in [1.807, 2.05) is 6.07 Å². The van der Waals surface area contributed by atoms with Gasteiger partial charge in [-0.1, -0.05) is 15.9 Å². The number of nitrogens with one attached hydrogen (secondary N) is 1. The van der Waals surface area contributed by atoms with Gasteiger partial charge in [-0.25, -0.2) is 0 Å². The van der Waals surface area contributed by atoms with Crippen molar-refractivity contribution in [3.63, 3.8) is 0 Å². The molecule has 1 aliphatic rings. The quantitative estimate of drug-likeness (QED) is 0.475. The highest BCUT2D eigenvalue weighted by molar-refractivity contribution is 9.10. The van der Waals surface area contributed by atoms with Crippen LogP contribution in [0.1, 0.15) is 18.4 Å². The van der Waals surface area contributed by atoms with Crippen molar-refractivity contribution in [2.75, 3.05) is 20.1 Å². The number of benzene rings is 1. The van der Waals surface area contributed by atoms with Crippen LogP contribution in [0.3, 0.4) is 0 Å². The number of hydrogen-bond acceptors (Lipinski definition) is 4. The molecule has 0 saturated heterocycles. The average Bonchev–Trinajstić information content (AvgIpc) is 3.17. The summed E-state index contributed by atoms with van der Waals surface area (Å²) in [6.45, 7) is 2.56. The molecule has 104 valence electrons. The summed E-state index contributed by atoms with van der Waals surface area (Å²) in [5.74, 6) is 0. The minimum Gasteiger partial charge on any atom is -0.311 e. The standard InChI is InChI=1S/C13H18BrN3O2/c1-16(12-2-3-12)5-4-15-9-10-6-11(14)8-13(7-10)17(18)19/h6-8,12,15H,2-5,9H2,1H3. The summed E-state index contributed by atoms with van der Waals surface area (Å²) >= 11 is 3.30. The van der Waals surface area contributed by atoms with Crippen LogP contribution in [-0.4, -0.2) is 36.0 Å². The number of nitro groups is 1. The van der Waals surface area contributed by atoms with E-state index in [0.717, 1.165) is 29.2 Å². The van der Waals surface area contributed by atoms with Crippen molar-refractivity contribution in [2.45, 2.75) is 25.4 Å². The van der Waals surface area contributed by atoms with Crippen LogP contribution in [0, 0.1) is 10.1 Å².